The summed E-state index contributed by atoms with van der Waals surface area (Å²) in [7, 11) is 0. The van der Waals surface area contributed by atoms with Gasteiger partial charge in [-0.15, -0.1) is 0 Å². The zero-order valence-electron chi connectivity index (χ0n) is 22.5. The van der Waals surface area contributed by atoms with Crippen LogP contribution in [0.15, 0.2) is 95.5 Å². The molecule has 4 aromatic rings. The van der Waals surface area contributed by atoms with E-state index in [9.17, 15) is 19.2 Å². The molecule has 8 heteroatoms. The second kappa shape index (κ2) is 10.1. The topological polar surface area (TPSA) is 92.8 Å². The largest absolute Gasteiger partial charge is 0.452 e. The average Bonchev–Trinajstić information content (AvgIpc) is 3.28. The van der Waals surface area contributed by atoms with Crippen molar-refractivity contribution in [2.45, 2.75) is 18.8 Å². The number of anilines is 2. The SMILES string of the molecule is Cc1cc(NC(=O)COC(=O)c2ccc(N3C(=O)[C@H]4C5c6ccccc6C(c6ccccc65)[C@@H]4C3=O)cc2)ccc1Br. The predicted molar refractivity (Wildman–Crippen MR) is 160 cm³/mol. The first-order valence-electron chi connectivity index (χ1n) is 13.7. The molecule has 42 heavy (non-hydrogen) atoms. The lowest BCUT2D eigenvalue weighted by molar-refractivity contribution is -0.122. The number of carbonyl (C=O) groups excluding carboxylic acids is 4. The molecular formula is C34H25BrN2O5. The van der Waals surface area contributed by atoms with E-state index in [1.165, 1.54) is 17.0 Å². The monoisotopic (exact) mass is 620 g/mol. The summed E-state index contributed by atoms with van der Waals surface area (Å²) in [4.78, 5) is 54.1. The van der Waals surface area contributed by atoms with Gasteiger partial charge in [0.05, 0.1) is 23.1 Å². The van der Waals surface area contributed by atoms with Crippen molar-refractivity contribution in [3.05, 3.63) is 129 Å². The Balaban J connectivity index is 1.08. The number of aryl methyl sites for hydroxylation is 1. The summed E-state index contributed by atoms with van der Waals surface area (Å²) >= 11 is 3.42. The van der Waals surface area contributed by atoms with E-state index in [4.69, 9.17) is 4.74 Å². The van der Waals surface area contributed by atoms with Crippen molar-refractivity contribution >= 4 is 51.0 Å². The molecule has 0 aromatic heterocycles. The average molecular weight is 621 g/mol. The predicted octanol–water partition coefficient (Wildman–Crippen LogP) is 5.95. The number of imide groups is 1. The summed E-state index contributed by atoms with van der Waals surface area (Å²) < 4.78 is 6.13. The minimum Gasteiger partial charge on any atom is -0.452 e. The van der Waals surface area contributed by atoms with Gasteiger partial charge in [-0.05, 0) is 77.2 Å². The van der Waals surface area contributed by atoms with Crippen LogP contribution < -0.4 is 10.2 Å². The summed E-state index contributed by atoms with van der Waals surface area (Å²) in [6.07, 6.45) is 0. The van der Waals surface area contributed by atoms with E-state index in [0.717, 1.165) is 32.3 Å². The van der Waals surface area contributed by atoms with Gasteiger partial charge in [-0.1, -0.05) is 64.5 Å². The highest BCUT2D eigenvalue weighted by Gasteiger charge is 2.61. The van der Waals surface area contributed by atoms with E-state index < -0.39 is 30.3 Å². The third-order valence-electron chi connectivity index (χ3n) is 8.59. The maximum atomic E-state index is 13.9. The zero-order chi connectivity index (χ0) is 29.1. The summed E-state index contributed by atoms with van der Waals surface area (Å²) in [5, 5.41) is 2.70. The summed E-state index contributed by atoms with van der Waals surface area (Å²) in [6.45, 7) is 1.45. The van der Waals surface area contributed by atoms with E-state index >= 15 is 0 Å². The van der Waals surface area contributed by atoms with Gasteiger partial charge in [0, 0.05) is 22.0 Å². The molecule has 0 spiro atoms. The van der Waals surface area contributed by atoms with Crippen molar-refractivity contribution in [2.24, 2.45) is 11.8 Å². The van der Waals surface area contributed by atoms with Crippen LogP contribution in [-0.2, 0) is 19.1 Å². The first-order chi connectivity index (χ1) is 20.3. The lowest BCUT2D eigenvalue weighted by Gasteiger charge is -2.45. The Morgan fingerprint density at radius 2 is 1.31 bits per heavy atom. The minimum absolute atomic E-state index is 0.185. The summed E-state index contributed by atoms with van der Waals surface area (Å²) in [6, 6.07) is 27.8. The molecule has 0 unspecified atom stereocenters. The zero-order valence-corrected chi connectivity index (χ0v) is 24.1. The Kier molecular flexibility index (Phi) is 6.31. The normalized spacial score (nSPS) is 21.4. The van der Waals surface area contributed by atoms with Crippen LogP contribution in [0, 0.1) is 18.8 Å². The number of nitrogens with one attached hydrogen (secondary N) is 1. The van der Waals surface area contributed by atoms with Gasteiger partial charge in [0.1, 0.15) is 0 Å². The number of benzene rings is 4. The maximum Gasteiger partial charge on any atom is 0.338 e. The van der Waals surface area contributed by atoms with Gasteiger partial charge in [-0.2, -0.15) is 0 Å². The first kappa shape index (κ1) is 26.3. The molecule has 1 N–H and O–H groups in total. The standard InChI is InChI=1S/C34H25BrN2O5/c1-18-16-20(12-15-26(18)35)36-27(38)17-42-34(41)19-10-13-21(14-11-19)37-32(39)30-28-22-6-2-3-7-23(22)29(31(30)33(37)40)25-9-5-4-8-24(25)28/h2-16,28-31H,17H2,1H3,(H,36,38)/t28?,29?,30-,31-/m0/s1. The number of esters is 1. The lowest BCUT2D eigenvalue weighted by Crippen LogP contribution is -2.41. The van der Waals surface area contributed by atoms with Crippen LogP contribution in [0.2, 0.25) is 0 Å². The molecule has 3 amide bonds. The third-order valence-corrected chi connectivity index (χ3v) is 9.48. The maximum absolute atomic E-state index is 13.9. The van der Waals surface area contributed by atoms with Crippen LogP contribution in [0.1, 0.15) is 50.0 Å². The molecule has 1 aliphatic heterocycles. The number of amides is 3. The molecule has 208 valence electrons. The van der Waals surface area contributed by atoms with Crippen LogP contribution in [0.3, 0.4) is 0 Å². The Morgan fingerprint density at radius 1 is 0.786 bits per heavy atom. The molecule has 3 aliphatic carbocycles. The summed E-state index contributed by atoms with van der Waals surface area (Å²) in [5.41, 5.74) is 6.63. The molecule has 1 saturated heterocycles. The second-order valence-electron chi connectivity index (χ2n) is 10.9. The van der Waals surface area contributed by atoms with Crippen molar-refractivity contribution in [3.8, 4) is 0 Å². The van der Waals surface area contributed by atoms with Gasteiger partial charge in [0.15, 0.2) is 6.61 Å². The Hall–Kier alpha value is -4.56. The molecule has 4 aromatic carbocycles. The number of ether oxygens (including phenoxy) is 1. The molecule has 0 radical (unpaired) electrons. The molecule has 1 heterocycles. The van der Waals surface area contributed by atoms with Crippen LogP contribution in [0.4, 0.5) is 11.4 Å². The van der Waals surface area contributed by atoms with E-state index in [-0.39, 0.29) is 29.2 Å². The Bertz CT molecular complexity index is 1680. The summed E-state index contributed by atoms with van der Waals surface area (Å²) in [5.74, 6) is -2.92. The molecule has 1 fully saturated rings. The molecule has 8 rings (SSSR count). The highest BCUT2D eigenvalue weighted by Crippen LogP contribution is 2.61. The van der Waals surface area contributed by atoms with Gasteiger partial charge in [-0.25, -0.2) is 9.69 Å². The number of hydrogen-bond donors (Lipinski definition) is 1. The fourth-order valence-electron chi connectivity index (χ4n) is 6.81. The van der Waals surface area contributed by atoms with E-state index in [1.807, 2.05) is 43.3 Å². The lowest BCUT2D eigenvalue weighted by atomic mass is 9.55. The van der Waals surface area contributed by atoms with E-state index in [1.54, 1.807) is 18.2 Å². The number of carbonyl (C=O) groups is 4. The van der Waals surface area contributed by atoms with Crippen LogP contribution in [0.25, 0.3) is 0 Å². The van der Waals surface area contributed by atoms with Crippen molar-refractivity contribution in [3.63, 3.8) is 0 Å². The Labute approximate surface area is 250 Å². The van der Waals surface area contributed by atoms with Gasteiger partial charge < -0.3 is 10.1 Å². The van der Waals surface area contributed by atoms with Gasteiger partial charge in [0.25, 0.3) is 5.91 Å². The number of nitrogens with zero attached hydrogens (tertiary/aromatic N) is 1. The highest BCUT2D eigenvalue weighted by atomic mass is 79.9. The van der Waals surface area contributed by atoms with Crippen LogP contribution in [0.5, 0.6) is 0 Å². The highest BCUT2D eigenvalue weighted by molar-refractivity contribution is 9.10. The van der Waals surface area contributed by atoms with Gasteiger partial charge >= 0.3 is 5.97 Å². The van der Waals surface area contributed by atoms with E-state index in [2.05, 4.69) is 45.5 Å². The molecule has 2 bridgehead atoms. The van der Waals surface area contributed by atoms with Gasteiger partial charge in [-0.3, -0.25) is 14.4 Å². The molecule has 4 aliphatic rings. The van der Waals surface area contributed by atoms with E-state index in [0.29, 0.717) is 11.4 Å². The molecule has 2 atom stereocenters. The van der Waals surface area contributed by atoms with Crippen molar-refractivity contribution in [1.29, 1.82) is 0 Å². The number of halogens is 1. The number of rotatable bonds is 5. The minimum atomic E-state index is -0.680. The van der Waals surface area contributed by atoms with Crippen molar-refractivity contribution in [1.82, 2.24) is 0 Å². The second-order valence-corrected chi connectivity index (χ2v) is 11.8. The first-order valence-corrected chi connectivity index (χ1v) is 14.5. The van der Waals surface area contributed by atoms with Crippen molar-refractivity contribution in [2.75, 3.05) is 16.8 Å². The fraction of sp³-hybridized carbons (Fsp3) is 0.176. The van der Waals surface area contributed by atoms with Crippen molar-refractivity contribution < 1.29 is 23.9 Å². The molecular weight excluding hydrogens is 596 g/mol. The Morgan fingerprint density at radius 3 is 1.81 bits per heavy atom. The molecule has 0 saturated carbocycles. The number of hydrogen-bond acceptors (Lipinski definition) is 5. The van der Waals surface area contributed by atoms with Crippen LogP contribution in [-0.4, -0.2) is 30.3 Å². The van der Waals surface area contributed by atoms with Gasteiger partial charge in [0.2, 0.25) is 11.8 Å². The smallest absolute Gasteiger partial charge is 0.338 e. The van der Waals surface area contributed by atoms with Crippen LogP contribution >= 0.6 is 15.9 Å². The quantitative estimate of drug-likeness (QED) is 0.220. The third kappa shape index (κ3) is 4.09. The molecule has 7 nitrogen and oxygen atoms in total. The fourth-order valence-corrected chi connectivity index (χ4v) is 7.06.